The van der Waals surface area contributed by atoms with E-state index in [2.05, 4.69) is 25.8 Å². The van der Waals surface area contributed by atoms with Gasteiger partial charge in [-0.15, -0.1) is 0 Å². The molecule has 1 heterocycles. The molecule has 0 saturated heterocycles. The highest BCUT2D eigenvalue weighted by Gasteiger charge is 2.24. The summed E-state index contributed by atoms with van der Waals surface area (Å²) in [5.74, 6) is -0.501. The number of amides is 1. The average Bonchev–Trinajstić information content (AvgIpc) is 3.00. The number of rotatable bonds is 6. The maximum absolute atomic E-state index is 13.1. The van der Waals surface area contributed by atoms with Crippen molar-refractivity contribution in [3.63, 3.8) is 0 Å². The third kappa shape index (κ3) is 4.95. The molecule has 2 rings (SSSR count). The maximum atomic E-state index is 13.1. The zero-order valence-electron chi connectivity index (χ0n) is 17.0. The summed E-state index contributed by atoms with van der Waals surface area (Å²) < 4.78 is 5.08. The lowest BCUT2D eigenvalue weighted by atomic mass is 9.86. The van der Waals surface area contributed by atoms with Gasteiger partial charge >= 0.3 is 5.97 Å². The first kappa shape index (κ1) is 21.1. The molecule has 1 aromatic carbocycles. The van der Waals surface area contributed by atoms with Gasteiger partial charge in [-0.05, 0) is 43.4 Å². The van der Waals surface area contributed by atoms with Crippen LogP contribution in [0, 0.1) is 6.92 Å². The number of carbonyl (C=O) groups excluding carboxylic acids is 2. The molecule has 0 aliphatic carbocycles. The van der Waals surface area contributed by atoms with Crippen molar-refractivity contribution in [1.29, 1.82) is 0 Å². The Bertz CT molecular complexity index is 804. The molecule has 0 aliphatic heterocycles. The van der Waals surface area contributed by atoms with E-state index in [4.69, 9.17) is 4.74 Å². The average molecular weight is 389 g/mol. The van der Waals surface area contributed by atoms with Crippen molar-refractivity contribution in [2.24, 2.45) is 0 Å². The van der Waals surface area contributed by atoms with Gasteiger partial charge < -0.3 is 4.74 Å². The summed E-state index contributed by atoms with van der Waals surface area (Å²) in [4.78, 5) is 31.7. The molecular weight excluding hydrogens is 360 g/mol. The monoisotopic (exact) mass is 388 g/mol. The zero-order valence-corrected chi connectivity index (χ0v) is 17.8. The van der Waals surface area contributed by atoms with Crippen LogP contribution in [0.3, 0.4) is 0 Å². The second kappa shape index (κ2) is 8.65. The molecule has 0 radical (unpaired) electrons. The molecule has 0 atom stereocenters. The quantitative estimate of drug-likeness (QED) is 0.655. The third-order valence-electron chi connectivity index (χ3n) is 4.17. The summed E-state index contributed by atoms with van der Waals surface area (Å²) in [5, 5.41) is 0.530. The van der Waals surface area contributed by atoms with E-state index >= 15 is 0 Å². The van der Waals surface area contributed by atoms with Crippen LogP contribution < -0.4 is 4.90 Å². The molecule has 6 heteroatoms. The van der Waals surface area contributed by atoms with Gasteiger partial charge in [0, 0.05) is 12.1 Å². The fourth-order valence-corrected chi connectivity index (χ4v) is 3.65. The van der Waals surface area contributed by atoms with Crippen LogP contribution in [0.25, 0.3) is 0 Å². The van der Waals surface area contributed by atoms with Crippen LogP contribution in [0.15, 0.2) is 24.3 Å². The molecule has 0 unspecified atom stereocenters. The molecule has 2 aromatic rings. The van der Waals surface area contributed by atoms with Crippen molar-refractivity contribution < 1.29 is 14.3 Å². The predicted molar refractivity (Wildman–Crippen MR) is 110 cm³/mol. The second-order valence-corrected chi connectivity index (χ2v) is 8.39. The van der Waals surface area contributed by atoms with Gasteiger partial charge in [-0.3, -0.25) is 9.69 Å². The van der Waals surface area contributed by atoms with Crippen LogP contribution >= 0.6 is 11.3 Å². The number of ether oxygens (including phenoxy) is 1. The first-order chi connectivity index (χ1) is 12.7. The molecule has 0 aliphatic rings. The molecule has 0 spiro atoms. The fraction of sp³-hybridized carbons (Fsp3) is 0.476. The van der Waals surface area contributed by atoms with Gasteiger partial charge in [0.1, 0.15) is 4.88 Å². The number of aryl methyl sites for hydroxylation is 1. The summed E-state index contributed by atoms with van der Waals surface area (Å²) in [6.45, 7) is 12.8. The standard InChI is InChI=1S/C21H28N2O3S/c1-7-13-23(20-22-14(3)17(27-20)19(25)26-8-2)18(24)15-9-11-16(12-10-15)21(4,5)6/h9-12H,7-8,13H2,1-6H3. The molecule has 0 N–H and O–H groups in total. The number of nitrogens with zero attached hydrogens (tertiary/aromatic N) is 2. The Morgan fingerprint density at radius 3 is 2.30 bits per heavy atom. The Morgan fingerprint density at radius 1 is 1.15 bits per heavy atom. The predicted octanol–water partition coefficient (Wildman–Crippen LogP) is 4.98. The van der Waals surface area contributed by atoms with Crippen molar-refractivity contribution in [2.75, 3.05) is 18.1 Å². The molecule has 27 heavy (non-hydrogen) atoms. The minimum absolute atomic E-state index is 0.0334. The number of esters is 1. The van der Waals surface area contributed by atoms with E-state index < -0.39 is 5.97 Å². The van der Waals surface area contributed by atoms with Gasteiger partial charge in [0.15, 0.2) is 5.13 Å². The van der Waals surface area contributed by atoms with Crippen LogP contribution in [0.4, 0.5) is 5.13 Å². The van der Waals surface area contributed by atoms with Crippen LogP contribution in [-0.2, 0) is 10.2 Å². The Morgan fingerprint density at radius 2 is 1.78 bits per heavy atom. The molecule has 5 nitrogen and oxygen atoms in total. The van der Waals surface area contributed by atoms with Crippen molar-refractivity contribution in [2.45, 2.75) is 53.4 Å². The van der Waals surface area contributed by atoms with Gasteiger partial charge in [0.25, 0.3) is 5.91 Å². The summed E-state index contributed by atoms with van der Waals surface area (Å²) >= 11 is 1.21. The van der Waals surface area contributed by atoms with E-state index in [9.17, 15) is 9.59 Å². The number of anilines is 1. The van der Waals surface area contributed by atoms with Crippen LogP contribution in [-0.4, -0.2) is 30.0 Å². The number of thiazole rings is 1. The van der Waals surface area contributed by atoms with E-state index in [-0.39, 0.29) is 11.3 Å². The first-order valence-corrected chi connectivity index (χ1v) is 10.1. The zero-order chi connectivity index (χ0) is 20.2. The van der Waals surface area contributed by atoms with E-state index in [1.165, 1.54) is 16.9 Å². The second-order valence-electron chi connectivity index (χ2n) is 7.42. The number of aromatic nitrogens is 1. The Balaban J connectivity index is 2.33. The highest BCUT2D eigenvalue weighted by molar-refractivity contribution is 7.17. The van der Waals surface area contributed by atoms with Crippen molar-refractivity contribution in [3.05, 3.63) is 46.0 Å². The lowest BCUT2D eigenvalue weighted by Gasteiger charge is -2.21. The Labute approximate surface area is 165 Å². The third-order valence-corrected chi connectivity index (χ3v) is 5.33. The van der Waals surface area contributed by atoms with E-state index in [1.54, 1.807) is 18.7 Å². The van der Waals surface area contributed by atoms with E-state index in [0.717, 1.165) is 6.42 Å². The molecule has 1 aromatic heterocycles. The van der Waals surface area contributed by atoms with Crippen molar-refractivity contribution >= 4 is 28.3 Å². The summed E-state index contributed by atoms with van der Waals surface area (Å²) in [6, 6.07) is 7.71. The van der Waals surface area contributed by atoms with Gasteiger partial charge in [-0.25, -0.2) is 9.78 Å². The number of carbonyl (C=O) groups is 2. The molecule has 1 amide bonds. The highest BCUT2D eigenvalue weighted by atomic mass is 32.1. The number of hydrogen-bond acceptors (Lipinski definition) is 5. The summed E-state index contributed by atoms with van der Waals surface area (Å²) in [6.07, 6.45) is 0.791. The van der Waals surface area contributed by atoms with E-state index in [0.29, 0.717) is 34.4 Å². The first-order valence-electron chi connectivity index (χ1n) is 9.26. The lowest BCUT2D eigenvalue weighted by Crippen LogP contribution is -2.31. The molecule has 0 bridgehead atoms. The lowest BCUT2D eigenvalue weighted by molar-refractivity contribution is 0.0531. The van der Waals surface area contributed by atoms with Crippen LogP contribution in [0.1, 0.15) is 72.3 Å². The summed E-state index contributed by atoms with van der Waals surface area (Å²) in [5.41, 5.74) is 2.41. The van der Waals surface area contributed by atoms with E-state index in [1.807, 2.05) is 31.2 Å². The van der Waals surface area contributed by atoms with Gasteiger partial charge in [0.05, 0.1) is 12.3 Å². The van der Waals surface area contributed by atoms with Crippen LogP contribution in [0.5, 0.6) is 0 Å². The number of hydrogen-bond donors (Lipinski definition) is 0. The molecule has 0 saturated carbocycles. The van der Waals surface area contributed by atoms with Crippen LogP contribution in [0.2, 0.25) is 0 Å². The fourth-order valence-electron chi connectivity index (χ4n) is 2.66. The highest BCUT2D eigenvalue weighted by Crippen LogP contribution is 2.29. The largest absolute Gasteiger partial charge is 0.462 e. The Hall–Kier alpha value is -2.21. The van der Waals surface area contributed by atoms with Gasteiger partial charge in [-0.2, -0.15) is 0 Å². The molecule has 0 fully saturated rings. The van der Waals surface area contributed by atoms with Gasteiger partial charge in [0.2, 0.25) is 0 Å². The van der Waals surface area contributed by atoms with Crippen molar-refractivity contribution in [1.82, 2.24) is 4.98 Å². The maximum Gasteiger partial charge on any atom is 0.350 e. The SMILES string of the molecule is CCCN(C(=O)c1ccc(C(C)(C)C)cc1)c1nc(C)c(C(=O)OCC)s1. The minimum Gasteiger partial charge on any atom is -0.462 e. The number of benzene rings is 1. The molecular formula is C21H28N2O3S. The Kier molecular flexibility index (Phi) is 6.76. The van der Waals surface area contributed by atoms with Crippen molar-refractivity contribution in [3.8, 4) is 0 Å². The normalized spacial score (nSPS) is 11.3. The topological polar surface area (TPSA) is 59.5 Å². The minimum atomic E-state index is -0.392. The molecule has 146 valence electrons. The smallest absolute Gasteiger partial charge is 0.350 e. The summed E-state index contributed by atoms with van der Waals surface area (Å²) in [7, 11) is 0. The van der Waals surface area contributed by atoms with Gasteiger partial charge in [-0.1, -0.05) is 51.2 Å².